The maximum atomic E-state index is 13.2. The van der Waals surface area contributed by atoms with Crippen LogP contribution in [0.25, 0.3) is 0 Å². The fraction of sp³-hybridized carbons (Fsp3) is 0.391. The van der Waals surface area contributed by atoms with Crippen LogP contribution in [0.5, 0.6) is 0 Å². The van der Waals surface area contributed by atoms with E-state index in [0.29, 0.717) is 28.6 Å². The molecule has 0 bridgehead atoms. The summed E-state index contributed by atoms with van der Waals surface area (Å²) in [5.74, 6) is 0.109. The maximum Gasteiger partial charge on any atom is 0.269 e. The molecule has 3 unspecified atom stereocenters. The molecule has 0 amide bonds. The molecule has 3 aliphatic rings. The van der Waals surface area contributed by atoms with E-state index in [1.165, 1.54) is 12.1 Å². The van der Waals surface area contributed by atoms with Crippen molar-refractivity contribution >= 4 is 33.0 Å². The Balaban J connectivity index is 1.53. The van der Waals surface area contributed by atoms with Crippen molar-refractivity contribution in [2.75, 3.05) is 18.4 Å². The highest BCUT2D eigenvalue weighted by Crippen LogP contribution is 2.51. The third-order valence-electron chi connectivity index (χ3n) is 6.81. The number of rotatable bonds is 4. The number of nitrogens with zero attached hydrogens (tertiary/aromatic N) is 2. The average molecular weight is 474 g/mol. The van der Waals surface area contributed by atoms with Crippen LogP contribution in [-0.4, -0.2) is 30.7 Å². The quantitative estimate of drug-likeness (QED) is 0.372. The molecule has 32 heavy (non-hydrogen) atoms. The molecule has 5 rings (SSSR count). The number of sulfonamides is 1. The third-order valence-corrected chi connectivity index (χ3v) is 9.05. The summed E-state index contributed by atoms with van der Waals surface area (Å²) in [4.78, 5) is 11.2. The van der Waals surface area contributed by atoms with E-state index in [2.05, 4.69) is 17.5 Å². The van der Waals surface area contributed by atoms with E-state index in [4.69, 9.17) is 11.6 Å². The zero-order valence-corrected chi connectivity index (χ0v) is 19.0. The maximum absolute atomic E-state index is 13.2. The van der Waals surface area contributed by atoms with E-state index >= 15 is 0 Å². The van der Waals surface area contributed by atoms with Gasteiger partial charge in [-0.2, -0.15) is 4.31 Å². The number of benzene rings is 2. The lowest BCUT2D eigenvalue weighted by Crippen LogP contribution is -2.36. The summed E-state index contributed by atoms with van der Waals surface area (Å²) >= 11 is 6.45. The summed E-state index contributed by atoms with van der Waals surface area (Å²) in [6, 6.07) is 9.57. The highest BCUT2D eigenvalue weighted by atomic mass is 35.5. The number of halogens is 1. The van der Waals surface area contributed by atoms with Crippen LogP contribution in [0, 0.1) is 16.0 Å². The molecule has 2 aromatic rings. The first-order valence-corrected chi connectivity index (χ1v) is 12.7. The number of nitro groups is 1. The topological polar surface area (TPSA) is 92.5 Å². The van der Waals surface area contributed by atoms with Crippen molar-refractivity contribution in [3.63, 3.8) is 0 Å². The Morgan fingerprint density at radius 3 is 2.59 bits per heavy atom. The molecule has 3 atom stereocenters. The summed E-state index contributed by atoms with van der Waals surface area (Å²) in [6.45, 7) is 1.13. The third kappa shape index (κ3) is 3.60. The molecule has 1 saturated heterocycles. The second kappa shape index (κ2) is 8.17. The molecule has 0 spiro atoms. The Bertz CT molecular complexity index is 1210. The molecule has 0 radical (unpaired) electrons. The van der Waals surface area contributed by atoms with Crippen molar-refractivity contribution in [2.24, 2.45) is 5.92 Å². The fourth-order valence-electron chi connectivity index (χ4n) is 5.18. The number of nitrogens with one attached hydrogen (secondary N) is 1. The number of hydrogen-bond acceptors (Lipinski definition) is 5. The van der Waals surface area contributed by atoms with Crippen LogP contribution in [0.1, 0.15) is 48.8 Å². The Kier molecular flexibility index (Phi) is 5.47. The monoisotopic (exact) mass is 473 g/mol. The second-order valence-corrected chi connectivity index (χ2v) is 11.0. The molecule has 1 aliphatic carbocycles. The molecule has 9 heteroatoms. The number of nitro benzene ring substituents is 1. The summed E-state index contributed by atoms with van der Waals surface area (Å²) in [5, 5.41) is 15.3. The second-order valence-electron chi connectivity index (χ2n) is 8.65. The van der Waals surface area contributed by atoms with Gasteiger partial charge in [-0.1, -0.05) is 30.2 Å². The van der Waals surface area contributed by atoms with Crippen molar-refractivity contribution in [3.05, 3.63) is 74.8 Å². The van der Waals surface area contributed by atoms with E-state index < -0.39 is 14.9 Å². The van der Waals surface area contributed by atoms with Gasteiger partial charge in [0.2, 0.25) is 10.0 Å². The number of non-ortho nitro benzene ring substituents is 1. The predicted octanol–water partition coefficient (Wildman–Crippen LogP) is 5.25. The molecular weight excluding hydrogens is 450 g/mol. The smallest absolute Gasteiger partial charge is 0.269 e. The molecule has 2 aromatic carbocycles. The minimum atomic E-state index is -3.53. The molecule has 1 N–H and O–H groups in total. The first-order valence-electron chi connectivity index (χ1n) is 10.9. The van der Waals surface area contributed by atoms with Gasteiger partial charge in [0.15, 0.2) is 0 Å². The molecule has 0 aromatic heterocycles. The zero-order chi connectivity index (χ0) is 22.5. The highest BCUT2D eigenvalue weighted by Gasteiger charge is 2.40. The summed E-state index contributed by atoms with van der Waals surface area (Å²) in [6.07, 6.45) is 7.84. The van der Waals surface area contributed by atoms with Gasteiger partial charge in [0.05, 0.1) is 15.9 Å². The van der Waals surface area contributed by atoms with Gasteiger partial charge in [0, 0.05) is 47.4 Å². The van der Waals surface area contributed by atoms with Gasteiger partial charge < -0.3 is 5.32 Å². The Morgan fingerprint density at radius 1 is 1.06 bits per heavy atom. The van der Waals surface area contributed by atoms with Crippen molar-refractivity contribution < 1.29 is 13.3 Å². The lowest BCUT2D eigenvalue weighted by molar-refractivity contribution is -0.384. The number of fused-ring (bicyclic) bond motifs is 3. The summed E-state index contributed by atoms with van der Waals surface area (Å²) in [5.41, 5.74) is 2.47. The fourth-order valence-corrected chi connectivity index (χ4v) is 6.97. The summed E-state index contributed by atoms with van der Waals surface area (Å²) < 4.78 is 28.0. The lowest BCUT2D eigenvalue weighted by atomic mass is 9.77. The standard InChI is InChI=1S/C23H24ClN3O4S/c24-21-9-7-15(27(28)29)13-20(21)23-18-6-4-5-17(18)19-14-16(8-10-22(19)25-23)32(30,31)26-11-2-1-3-12-26/h4-5,7-10,13-14,17-18,23,25H,1-3,6,11-12H2. The zero-order valence-electron chi connectivity index (χ0n) is 17.4. The molecule has 1 fully saturated rings. The van der Waals surface area contributed by atoms with Gasteiger partial charge in [-0.05, 0) is 55.0 Å². The molecular formula is C23H24ClN3O4S. The largest absolute Gasteiger partial charge is 0.378 e. The first-order chi connectivity index (χ1) is 15.4. The van der Waals surface area contributed by atoms with Crippen LogP contribution >= 0.6 is 11.6 Å². The normalized spacial score (nSPS) is 25.1. The SMILES string of the molecule is O=[N+]([O-])c1ccc(Cl)c(C2Nc3ccc(S(=O)(=O)N4CCCCC4)cc3C3C=CCC32)c1. The average Bonchev–Trinajstić information content (AvgIpc) is 3.29. The molecule has 0 saturated carbocycles. The number of allylic oxidation sites excluding steroid dienone is 2. The lowest BCUT2D eigenvalue weighted by Gasteiger charge is -2.38. The van der Waals surface area contributed by atoms with Crippen molar-refractivity contribution in [2.45, 2.75) is 42.5 Å². The van der Waals surface area contributed by atoms with E-state index in [9.17, 15) is 18.5 Å². The van der Waals surface area contributed by atoms with Crippen LogP contribution in [0.4, 0.5) is 11.4 Å². The number of hydrogen-bond donors (Lipinski definition) is 1. The van der Waals surface area contributed by atoms with Gasteiger partial charge in [-0.3, -0.25) is 10.1 Å². The van der Waals surface area contributed by atoms with Crippen LogP contribution in [0.3, 0.4) is 0 Å². The Morgan fingerprint density at radius 2 is 1.84 bits per heavy atom. The van der Waals surface area contributed by atoms with Crippen molar-refractivity contribution in [1.82, 2.24) is 4.31 Å². The van der Waals surface area contributed by atoms with E-state index in [1.54, 1.807) is 22.5 Å². The van der Waals surface area contributed by atoms with Crippen LogP contribution < -0.4 is 5.32 Å². The molecule has 2 heterocycles. The van der Waals surface area contributed by atoms with E-state index in [1.807, 2.05) is 6.07 Å². The number of piperidine rings is 1. The van der Waals surface area contributed by atoms with E-state index in [0.717, 1.165) is 36.9 Å². The predicted molar refractivity (Wildman–Crippen MR) is 124 cm³/mol. The molecule has 168 valence electrons. The van der Waals surface area contributed by atoms with Crippen molar-refractivity contribution in [1.29, 1.82) is 0 Å². The van der Waals surface area contributed by atoms with Gasteiger partial charge in [0.25, 0.3) is 5.69 Å². The Hall–Kier alpha value is -2.42. The molecule has 2 aliphatic heterocycles. The van der Waals surface area contributed by atoms with Crippen LogP contribution in [0.15, 0.2) is 53.4 Å². The molecule has 7 nitrogen and oxygen atoms in total. The van der Waals surface area contributed by atoms with Crippen LogP contribution in [0.2, 0.25) is 5.02 Å². The van der Waals surface area contributed by atoms with Gasteiger partial charge in [0.1, 0.15) is 0 Å². The highest BCUT2D eigenvalue weighted by molar-refractivity contribution is 7.89. The van der Waals surface area contributed by atoms with Gasteiger partial charge in [-0.15, -0.1) is 0 Å². The minimum absolute atomic E-state index is 0.00229. The minimum Gasteiger partial charge on any atom is -0.378 e. The van der Waals surface area contributed by atoms with E-state index in [-0.39, 0.29) is 23.6 Å². The van der Waals surface area contributed by atoms with Gasteiger partial charge in [-0.25, -0.2) is 8.42 Å². The number of anilines is 1. The summed E-state index contributed by atoms with van der Waals surface area (Å²) in [7, 11) is -3.53. The van der Waals surface area contributed by atoms with Crippen LogP contribution in [-0.2, 0) is 10.0 Å². The Labute approximate surface area is 192 Å². The van der Waals surface area contributed by atoms with Crippen molar-refractivity contribution in [3.8, 4) is 0 Å². The first kappa shape index (κ1) is 21.4. The van der Waals surface area contributed by atoms with Gasteiger partial charge >= 0.3 is 0 Å².